The molecule has 0 saturated heterocycles. The average Bonchev–Trinajstić information content (AvgIpc) is 3.41. The third kappa shape index (κ3) is 8.06. The molecule has 2 N–H and O–H groups in total. The number of carboxylic acids is 1. The highest BCUT2D eigenvalue weighted by Crippen LogP contribution is 2.27. The van der Waals surface area contributed by atoms with Crippen molar-refractivity contribution < 1.29 is 24.2 Å². The van der Waals surface area contributed by atoms with Crippen LogP contribution in [0.15, 0.2) is 109 Å². The second kappa shape index (κ2) is 14.5. The van der Waals surface area contributed by atoms with Crippen LogP contribution in [0.25, 0.3) is 10.9 Å². The number of fused-ring (bicyclic) bond motifs is 1. The smallest absolute Gasteiger partial charge is 0.333 e. The Bertz CT molecular complexity index is 1770. The number of rotatable bonds is 14. The monoisotopic (exact) mass is 602 g/mol. The average molecular weight is 603 g/mol. The molecule has 0 fully saturated rings. The number of carbonyl (C=O) groups excluding carboxylic acids is 2. The van der Waals surface area contributed by atoms with Gasteiger partial charge in [-0.3, -0.25) is 9.59 Å². The number of carboxylic acid groups (broad SMARTS) is 1. The number of nitrogens with zero attached hydrogens (tertiary/aromatic N) is 1. The molecule has 1 heterocycles. The van der Waals surface area contributed by atoms with Gasteiger partial charge >= 0.3 is 11.9 Å². The molecule has 1 unspecified atom stereocenters. The number of esters is 1. The number of para-hydroxylation sites is 1. The van der Waals surface area contributed by atoms with E-state index in [4.69, 9.17) is 9.84 Å². The van der Waals surface area contributed by atoms with Crippen LogP contribution in [0.1, 0.15) is 65.3 Å². The fourth-order valence-corrected chi connectivity index (χ4v) is 5.49. The number of aliphatic carboxylic acids is 1. The third-order valence-corrected chi connectivity index (χ3v) is 7.68. The molecule has 0 aliphatic heterocycles. The molecular formula is C38H38N2O5. The van der Waals surface area contributed by atoms with Crippen LogP contribution < -0.4 is 5.32 Å². The summed E-state index contributed by atoms with van der Waals surface area (Å²) in [5.74, 6) is -0.912. The van der Waals surface area contributed by atoms with Gasteiger partial charge in [0.25, 0.3) is 0 Å². The molecule has 230 valence electrons. The molecule has 1 atom stereocenters. The summed E-state index contributed by atoms with van der Waals surface area (Å²) >= 11 is 0. The molecule has 5 aromatic rings. The minimum atomic E-state index is -0.846. The first-order chi connectivity index (χ1) is 21.8. The molecule has 0 aliphatic rings. The minimum Gasteiger partial charge on any atom is -0.481 e. The summed E-state index contributed by atoms with van der Waals surface area (Å²) in [6.07, 6.45) is 3.26. The lowest BCUT2D eigenvalue weighted by Gasteiger charge is -2.20. The van der Waals surface area contributed by atoms with Gasteiger partial charge in [0.2, 0.25) is 0 Å². The van der Waals surface area contributed by atoms with Gasteiger partial charge in [-0.1, -0.05) is 98.8 Å². The lowest BCUT2D eigenvalue weighted by molar-refractivity contribution is -0.146. The molecule has 7 nitrogen and oxygen atoms in total. The van der Waals surface area contributed by atoms with Crippen molar-refractivity contribution in [3.8, 4) is 0 Å². The van der Waals surface area contributed by atoms with Crippen molar-refractivity contribution in [3.63, 3.8) is 0 Å². The SMILES string of the molecule is CC(C)Cc1ccc(C(Nc2cccc(C(=O)c3cn(CCCC(=O)O)c4ccccc34)c2)C(=O)OCc2ccccc2)cc1. The van der Waals surface area contributed by atoms with E-state index in [0.717, 1.165) is 28.5 Å². The minimum absolute atomic E-state index is 0.0545. The summed E-state index contributed by atoms with van der Waals surface area (Å²) < 4.78 is 7.69. The predicted molar refractivity (Wildman–Crippen MR) is 176 cm³/mol. The maximum absolute atomic E-state index is 13.9. The number of anilines is 1. The number of aromatic nitrogens is 1. The van der Waals surface area contributed by atoms with E-state index in [-0.39, 0.29) is 18.8 Å². The van der Waals surface area contributed by atoms with E-state index in [1.807, 2.05) is 89.5 Å². The van der Waals surface area contributed by atoms with Crippen LogP contribution >= 0.6 is 0 Å². The fraction of sp³-hybridized carbons (Fsp3) is 0.237. The first kappa shape index (κ1) is 31.3. The van der Waals surface area contributed by atoms with Gasteiger partial charge in [0.05, 0.1) is 0 Å². The van der Waals surface area contributed by atoms with Crippen molar-refractivity contribution in [2.45, 2.75) is 52.3 Å². The van der Waals surface area contributed by atoms with Crippen molar-refractivity contribution in [1.29, 1.82) is 0 Å². The highest BCUT2D eigenvalue weighted by atomic mass is 16.5. The molecule has 0 spiro atoms. The predicted octanol–water partition coefficient (Wildman–Crippen LogP) is 7.83. The summed E-state index contributed by atoms with van der Waals surface area (Å²) in [7, 11) is 0. The molecule has 0 radical (unpaired) electrons. The Hall–Kier alpha value is -5.17. The van der Waals surface area contributed by atoms with Gasteiger partial charge in [-0.15, -0.1) is 0 Å². The largest absolute Gasteiger partial charge is 0.481 e. The van der Waals surface area contributed by atoms with Crippen LogP contribution in [0.2, 0.25) is 0 Å². The second-order valence-electron chi connectivity index (χ2n) is 11.7. The highest BCUT2D eigenvalue weighted by molar-refractivity contribution is 6.16. The maximum Gasteiger partial charge on any atom is 0.333 e. The van der Waals surface area contributed by atoms with Crippen LogP contribution in [0.3, 0.4) is 0 Å². The van der Waals surface area contributed by atoms with Crippen LogP contribution in [0.5, 0.6) is 0 Å². The van der Waals surface area contributed by atoms with Gasteiger partial charge in [-0.05, 0) is 53.6 Å². The van der Waals surface area contributed by atoms with Crippen molar-refractivity contribution in [2.24, 2.45) is 5.92 Å². The number of ether oxygens (including phenoxy) is 1. The van der Waals surface area contributed by atoms with E-state index in [1.54, 1.807) is 24.4 Å². The molecule has 1 aromatic heterocycles. The van der Waals surface area contributed by atoms with Crippen LogP contribution in [-0.4, -0.2) is 27.4 Å². The Morgan fingerprint density at radius 1 is 0.844 bits per heavy atom. The first-order valence-corrected chi connectivity index (χ1v) is 15.3. The Kier molecular flexibility index (Phi) is 10.1. The molecule has 0 amide bonds. The van der Waals surface area contributed by atoms with Gasteiger partial charge in [-0.25, -0.2) is 4.79 Å². The number of hydrogen-bond acceptors (Lipinski definition) is 5. The normalized spacial score (nSPS) is 11.8. The number of hydrogen-bond donors (Lipinski definition) is 2. The zero-order chi connectivity index (χ0) is 31.8. The van der Waals surface area contributed by atoms with Gasteiger partial charge in [0.1, 0.15) is 6.61 Å². The number of aryl methyl sites for hydroxylation is 1. The van der Waals surface area contributed by atoms with Crippen molar-refractivity contribution >= 4 is 34.3 Å². The molecule has 0 saturated carbocycles. The molecule has 45 heavy (non-hydrogen) atoms. The molecular weight excluding hydrogens is 564 g/mol. The summed E-state index contributed by atoms with van der Waals surface area (Å²) in [6.45, 7) is 4.98. The van der Waals surface area contributed by atoms with Gasteiger partial charge in [-0.2, -0.15) is 0 Å². The number of ketones is 1. The summed E-state index contributed by atoms with van der Waals surface area (Å²) in [4.78, 5) is 38.4. The van der Waals surface area contributed by atoms with E-state index in [0.29, 0.717) is 35.7 Å². The number of nitrogens with one attached hydrogen (secondary N) is 1. The van der Waals surface area contributed by atoms with Crippen LogP contribution in [-0.2, 0) is 33.9 Å². The second-order valence-corrected chi connectivity index (χ2v) is 11.7. The summed E-state index contributed by atoms with van der Waals surface area (Å²) in [5, 5.41) is 13.2. The van der Waals surface area contributed by atoms with Crippen molar-refractivity contribution in [3.05, 3.63) is 137 Å². The quantitative estimate of drug-likeness (QED) is 0.0993. The van der Waals surface area contributed by atoms with Crippen molar-refractivity contribution in [2.75, 3.05) is 5.32 Å². The lowest BCUT2D eigenvalue weighted by Crippen LogP contribution is -2.23. The third-order valence-electron chi connectivity index (χ3n) is 7.68. The van der Waals surface area contributed by atoms with E-state index in [2.05, 4.69) is 19.2 Å². The van der Waals surface area contributed by atoms with Gasteiger partial charge < -0.3 is 19.7 Å². The maximum atomic E-state index is 13.9. The molecule has 0 bridgehead atoms. The van der Waals surface area contributed by atoms with Gasteiger partial charge in [0, 0.05) is 46.9 Å². The standard InChI is InChI=1S/C38H38N2O5/c1-26(2)22-27-17-19-29(20-18-27)36(38(44)45-25-28-10-4-3-5-11-28)39-31-13-8-12-30(23-31)37(43)33-24-40(21-9-16-35(41)42)34-15-7-6-14-32(33)34/h3-8,10-15,17-20,23-24,26,36,39H,9,16,21-22,25H2,1-2H3,(H,41,42). The fourth-order valence-electron chi connectivity index (χ4n) is 5.49. The summed E-state index contributed by atoms with van der Waals surface area (Å²) in [5.41, 5.74) is 5.35. The topological polar surface area (TPSA) is 97.6 Å². The molecule has 5 rings (SSSR count). The summed E-state index contributed by atoms with van der Waals surface area (Å²) in [6, 6.07) is 31.5. The lowest BCUT2D eigenvalue weighted by atomic mass is 9.99. The van der Waals surface area contributed by atoms with Crippen LogP contribution in [0, 0.1) is 5.92 Å². The molecule has 7 heteroatoms. The van der Waals surface area contributed by atoms with Crippen LogP contribution in [0.4, 0.5) is 5.69 Å². The zero-order valence-electron chi connectivity index (χ0n) is 25.6. The van der Waals surface area contributed by atoms with E-state index < -0.39 is 18.0 Å². The van der Waals surface area contributed by atoms with Gasteiger partial charge in [0.15, 0.2) is 11.8 Å². The van der Waals surface area contributed by atoms with Crippen molar-refractivity contribution in [1.82, 2.24) is 4.57 Å². The van der Waals surface area contributed by atoms with E-state index >= 15 is 0 Å². The Balaban J connectivity index is 1.40. The van der Waals surface area contributed by atoms with E-state index in [9.17, 15) is 14.4 Å². The first-order valence-electron chi connectivity index (χ1n) is 15.3. The zero-order valence-corrected chi connectivity index (χ0v) is 25.6. The molecule has 4 aromatic carbocycles. The Morgan fingerprint density at radius 2 is 1.58 bits per heavy atom. The number of benzene rings is 4. The highest BCUT2D eigenvalue weighted by Gasteiger charge is 2.24. The molecule has 0 aliphatic carbocycles. The Labute approximate surface area is 263 Å². The number of carbonyl (C=O) groups is 3. The van der Waals surface area contributed by atoms with E-state index in [1.165, 1.54) is 5.56 Å². The Morgan fingerprint density at radius 3 is 2.31 bits per heavy atom.